The predicted molar refractivity (Wildman–Crippen MR) is 119 cm³/mol. The van der Waals surface area contributed by atoms with Crippen molar-refractivity contribution in [2.45, 2.75) is 43.1 Å². The second kappa shape index (κ2) is 10.1. The van der Waals surface area contributed by atoms with E-state index in [1.54, 1.807) is 18.2 Å². The minimum absolute atomic E-state index is 0.113. The molecule has 2 atom stereocenters. The molecule has 1 aliphatic carbocycles. The fraction of sp³-hybridized carbons (Fsp3) is 0.591. The molecule has 0 radical (unpaired) electrons. The number of allylic oxidation sites excluding steroid dienone is 2. The van der Waals surface area contributed by atoms with Gasteiger partial charge < -0.3 is 20.1 Å². The molecule has 2 saturated heterocycles. The summed E-state index contributed by atoms with van der Waals surface area (Å²) in [6.07, 6.45) is 8.71. The summed E-state index contributed by atoms with van der Waals surface area (Å²) in [5, 5.41) is 6.27. The third-order valence-electron chi connectivity index (χ3n) is 5.98. The Labute approximate surface area is 184 Å². The molecule has 1 aromatic carbocycles. The number of hydrogen-bond donors (Lipinski definition) is 2. The standard InChI is InChI=1S/C22H31N3O5S/c26-22(14-17-4-1-2-5-17)24-21-15-19(31(27,28)25-9-12-29-13-10-25)7-8-20(21)23-16-18-6-3-11-30-18/h1,4,7-8,15,17-18,23H,2-3,5-6,9-14,16H2,(H,24,26). The molecule has 0 bridgehead atoms. The summed E-state index contributed by atoms with van der Waals surface area (Å²) < 4.78 is 38.6. The molecular formula is C22H31N3O5S. The molecule has 2 aliphatic heterocycles. The Morgan fingerprint density at radius 2 is 1.97 bits per heavy atom. The number of nitrogens with zero attached hydrogens (tertiary/aromatic N) is 1. The SMILES string of the molecule is O=C(CC1C=CCC1)Nc1cc(S(=O)(=O)N2CCOCC2)ccc1NCC1CCCO1. The van der Waals surface area contributed by atoms with Crippen LogP contribution in [-0.4, -0.2) is 64.2 Å². The summed E-state index contributed by atoms with van der Waals surface area (Å²) in [5.41, 5.74) is 1.19. The smallest absolute Gasteiger partial charge is 0.243 e. The highest BCUT2D eigenvalue weighted by Crippen LogP contribution is 2.29. The topological polar surface area (TPSA) is 97.0 Å². The summed E-state index contributed by atoms with van der Waals surface area (Å²) in [4.78, 5) is 12.8. The molecule has 9 heteroatoms. The maximum absolute atomic E-state index is 13.1. The van der Waals surface area contributed by atoms with Gasteiger partial charge in [-0.05, 0) is 49.8 Å². The van der Waals surface area contributed by atoms with Crippen LogP contribution in [0.3, 0.4) is 0 Å². The summed E-state index contributed by atoms with van der Waals surface area (Å²) in [5.74, 6) is 0.126. The van der Waals surface area contributed by atoms with E-state index >= 15 is 0 Å². The second-order valence-electron chi connectivity index (χ2n) is 8.26. The highest BCUT2D eigenvalue weighted by molar-refractivity contribution is 7.89. The lowest BCUT2D eigenvalue weighted by Gasteiger charge is -2.26. The van der Waals surface area contributed by atoms with Crippen LogP contribution >= 0.6 is 0 Å². The number of hydrogen-bond acceptors (Lipinski definition) is 6. The highest BCUT2D eigenvalue weighted by Gasteiger charge is 2.27. The van der Waals surface area contributed by atoms with Crippen molar-refractivity contribution in [2.24, 2.45) is 5.92 Å². The Morgan fingerprint density at radius 3 is 2.68 bits per heavy atom. The average molecular weight is 450 g/mol. The number of nitrogens with one attached hydrogen (secondary N) is 2. The van der Waals surface area contributed by atoms with E-state index in [1.807, 2.05) is 0 Å². The number of carbonyl (C=O) groups is 1. The summed E-state index contributed by atoms with van der Waals surface area (Å²) in [6, 6.07) is 4.89. The van der Waals surface area contributed by atoms with E-state index in [0.717, 1.165) is 32.3 Å². The van der Waals surface area contributed by atoms with Gasteiger partial charge in [-0.3, -0.25) is 4.79 Å². The maximum Gasteiger partial charge on any atom is 0.243 e. The third-order valence-corrected chi connectivity index (χ3v) is 7.87. The molecule has 170 valence electrons. The molecule has 31 heavy (non-hydrogen) atoms. The fourth-order valence-electron chi connectivity index (χ4n) is 4.21. The van der Waals surface area contributed by atoms with E-state index in [-0.39, 0.29) is 22.8 Å². The Bertz CT molecular complexity index is 906. The van der Waals surface area contributed by atoms with Crippen LogP contribution in [-0.2, 0) is 24.3 Å². The van der Waals surface area contributed by atoms with E-state index in [9.17, 15) is 13.2 Å². The van der Waals surface area contributed by atoms with Crippen LogP contribution in [0.1, 0.15) is 32.1 Å². The van der Waals surface area contributed by atoms with Crippen molar-refractivity contribution in [3.63, 3.8) is 0 Å². The van der Waals surface area contributed by atoms with Crippen LogP contribution in [0.2, 0.25) is 0 Å². The molecule has 4 rings (SSSR count). The monoisotopic (exact) mass is 449 g/mol. The first-order chi connectivity index (χ1) is 15.0. The minimum Gasteiger partial charge on any atom is -0.381 e. The lowest BCUT2D eigenvalue weighted by Crippen LogP contribution is -2.40. The Morgan fingerprint density at radius 1 is 1.13 bits per heavy atom. The lowest BCUT2D eigenvalue weighted by atomic mass is 10.0. The largest absolute Gasteiger partial charge is 0.381 e. The maximum atomic E-state index is 13.1. The average Bonchev–Trinajstić information content (AvgIpc) is 3.47. The van der Waals surface area contributed by atoms with Crippen LogP contribution in [0.4, 0.5) is 11.4 Å². The zero-order valence-corrected chi connectivity index (χ0v) is 18.5. The molecule has 2 unspecified atom stereocenters. The van der Waals surface area contributed by atoms with Gasteiger partial charge in [-0.1, -0.05) is 12.2 Å². The van der Waals surface area contributed by atoms with Crippen molar-refractivity contribution < 1.29 is 22.7 Å². The predicted octanol–water partition coefficient (Wildman–Crippen LogP) is 2.59. The molecule has 2 heterocycles. The molecule has 2 N–H and O–H groups in total. The normalized spacial score (nSPS) is 24.4. The van der Waals surface area contributed by atoms with Gasteiger partial charge in [0.15, 0.2) is 0 Å². The molecule has 8 nitrogen and oxygen atoms in total. The lowest BCUT2D eigenvalue weighted by molar-refractivity contribution is -0.116. The quantitative estimate of drug-likeness (QED) is 0.592. The molecule has 1 amide bonds. The van der Waals surface area contributed by atoms with Gasteiger partial charge in [0.1, 0.15) is 0 Å². The zero-order chi connectivity index (χ0) is 21.7. The minimum atomic E-state index is -3.65. The van der Waals surface area contributed by atoms with Gasteiger partial charge in [0, 0.05) is 32.7 Å². The Hall–Kier alpha value is -1.94. The van der Waals surface area contributed by atoms with Crippen molar-refractivity contribution in [1.82, 2.24) is 4.31 Å². The zero-order valence-electron chi connectivity index (χ0n) is 17.7. The van der Waals surface area contributed by atoms with Crippen LogP contribution in [0.25, 0.3) is 0 Å². The molecule has 3 aliphatic rings. The van der Waals surface area contributed by atoms with Gasteiger partial charge in [0.2, 0.25) is 15.9 Å². The van der Waals surface area contributed by atoms with Gasteiger partial charge in [-0.25, -0.2) is 8.42 Å². The van der Waals surface area contributed by atoms with Gasteiger partial charge in [0.05, 0.1) is 35.6 Å². The first-order valence-electron chi connectivity index (χ1n) is 11.1. The Balaban J connectivity index is 1.53. The summed E-state index contributed by atoms with van der Waals surface area (Å²) >= 11 is 0. The van der Waals surface area contributed by atoms with E-state index in [1.165, 1.54) is 4.31 Å². The van der Waals surface area contributed by atoms with Crippen LogP contribution in [0.5, 0.6) is 0 Å². The first-order valence-corrected chi connectivity index (χ1v) is 12.5. The highest BCUT2D eigenvalue weighted by atomic mass is 32.2. The van der Waals surface area contributed by atoms with E-state index in [0.29, 0.717) is 50.6 Å². The van der Waals surface area contributed by atoms with Gasteiger partial charge >= 0.3 is 0 Å². The van der Waals surface area contributed by atoms with Crippen LogP contribution in [0.15, 0.2) is 35.2 Å². The summed E-state index contributed by atoms with van der Waals surface area (Å²) in [6.45, 7) is 2.82. The van der Waals surface area contributed by atoms with Crippen molar-refractivity contribution in [1.29, 1.82) is 0 Å². The number of anilines is 2. The number of amides is 1. The van der Waals surface area contributed by atoms with Crippen molar-refractivity contribution >= 4 is 27.3 Å². The van der Waals surface area contributed by atoms with E-state index in [4.69, 9.17) is 9.47 Å². The molecule has 0 saturated carbocycles. The molecule has 1 aromatic rings. The van der Waals surface area contributed by atoms with Gasteiger partial charge in [0.25, 0.3) is 0 Å². The van der Waals surface area contributed by atoms with Crippen molar-refractivity contribution in [3.05, 3.63) is 30.4 Å². The molecule has 0 spiro atoms. The molecule has 2 fully saturated rings. The number of rotatable bonds is 8. The number of carbonyl (C=O) groups excluding carboxylic acids is 1. The number of ether oxygens (including phenoxy) is 2. The number of morpholine rings is 1. The van der Waals surface area contributed by atoms with Crippen LogP contribution in [0, 0.1) is 5.92 Å². The Kier molecular flexibility index (Phi) is 7.27. The number of benzene rings is 1. The second-order valence-corrected chi connectivity index (χ2v) is 10.2. The van der Waals surface area contributed by atoms with Crippen molar-refractivity contribution in [2.75, 3.05) is 50.1 Å². The third kappa shape index (κ3) is 5.65. The molecular weight excluding hydrogens is 418 g/mol. The van der Waals surface area contributed by atoms with Crippen molar-refractivity contribution in [3.8, 4) is 0 Å². The van der Waals surface area contributed by atoms with Crippen LogP contribution < -0.4 is 10.6 Å². The van der Waals surface area contributed by atoms with Gasteiger partial charge in [-0.15, -0.1) is 0 Å². The van der Waals surface area contributed by atoms with E-state index < -0.39 is 10.0 Å². The fourth-order valence-corrected chi connectivity index (χ4v) is 5.65. The molecule has 0 aromatic heterocycles. The summed E-state index contributed by atoms with van der Waals surface area (Å²) in [7, 11) is -3.65. The number of sulfonamides is 1. The first kappa shape index (κ1) is 22.3. The van der Waals surface area contributed by atoms with E-state index in [2.05, 4.69) is 22.8 Å². The van der Waals surface area contributed by atoms with Gasteiger partial charge in [-0.2, -0.15) is 4.31 Å².